The van der Waals surface area contributed by atoms with E-state index in [0.717, 1.165) is 46.3 Å². The second-order valence-electron chi connectivity index (χ2n) is 13.0. The number of carbonyl (C=O) groups excluding carboxylic acids is 6. The summed E-state index contributed by atoms with van der Waals surface area (Å²) < 4.78 is 72.0. The van der Waals surface area contributed by atoms with Crippen LogP contribution < -0.4 is 16.6 Å². The normalized spacial score (nSPS) is 29.5. The van der Waals surface area contributed by atoms with Crippen molar-refractivity contribution in [1.29, 1.82) is 0 Å². The molecule has 0 bridgehead atoms. The molecule has 0 radical (unpaired) electrons. The zero-order valence-corrected chi connectivity index (χ0v) is 30.6. The van der Waals surface area contributed by atoms with Crippen molar-refractivity contribution in [1.82, 2.24) is 14.9 Å². The van der Waals surface area contributed by atoms with Crippen molar-refractivity contribution in [3.63, 3.8) is 0 Å². The molecule has 300 valence electrons. The van der Waals surface area contributed by atoms with Crippen LogP contribution in [0.25, 0.3) is 0 Å². The molecule has 1 amide bonds. The number of aromatic amines is 1. The van der Waals surface area contributed by atoms with E-state index in [0.29, 0.717) is 6.20 Å². The van der Waals surface area contributed by atoms with Gasteiger partial charge < -0.3 is 52.7 Å². The van der Waals surface area contributed by atoms with Crippen LogP contribution in [-0.2, 0) is 76.1 Å². The lowest BCUT2D eigenvalue weighted by molar-refractivity contribution is -0.321. The molecule has 4 rings (SSSR count). The van der Waals surface area contributed by atoms with Crippen LogP contribution in [0.5, 0.6) is 0 Å². The fourth-order valence-corrected chi connectivity index (χ4v) is 6.43. The maximum Gasteiger partial charge on any atom is 0.366 e. The molecule has 54 heavy (non-hydrogen) atoms. The van der Waals surface area contributed by atoms with Crippen LogP contribution in [0.4, 0.5) is 4.39 Å². The lowest BCUT2D eigenvalue weighted by atomic mass is 9.88. The van der Waals surface area contributed by atoms with Crippen molar-refractivity contribution in [3.05, 3.63) is 32.9 Å². The maximum atomic E-state index is 14.3. The summed E-state index contributed by atoms with van der Waals surface area (Å²) in [6.45, 7) is 6.96. The Kier molecular flexibility index (Phi) is 13.0. The van der Waals surface area contributed by atoms with E-state index in [1.807, 2.05) is 4.98 Å². The summed E-state index contributed by atoms with van der Waals surface area (Å²) in [6, 6.07) is -1.45. The number of carbonyl (C=O) groups is 6. The van der Waals surface area contributed by atoms with E-state index >= 15 is 0 Å². The monoisotopic (exact) mass is 775 g/mol. The van der Waals surface area contributed by atoms with Gasteiger partial charge in [0.25, 0.3) is 11.3 Å². The molecule has 3 aliphatic rings. The molecule has 4 heterocycles. The highest BCUT2D eigenvalue weighted by molar-refractivity contribution is 5.79. The lowest BCUT2D eigenvalue weighted by Gasteiger charge is -2.48. The third-order valence-corrected chi connectivity index (χ3v) is 8.30. The van der Waals surface area contributed by atoms with Crippen LogP contribution in [0.15, 0.2) is 15.8 Å². The van der Waals surface area contributed by atoms with Gasteiger partial charge in [-0.05, 0) is 13.8 Å². The van der Waals surface area contributed by atoms with Gasteiger partial charge >= 0.3 is 35.5 Å². The number of ether oxygens (including phenoxy) is 10. The molecule has 3 fully saturated rings. The van der Waals surface area contributed by atoms with Gasteiger partial charge in [0.2, 0.25) is 11.7 Å². The van der Waals surface area contributed by atoms with Gasteiger partial charge in [0.1, 0.15) is 37.1 Å². The number of rotatable bonds is 13. The molecular formula is C32H42FN3O18. The number of amides is 1. The minimum atomic E-state index is -2.60. The number of methoxy groups -OCH3 is 1. The second kappa shape index (κ2) is 16.7. The predicted octanol–water partition coefficient (Wildman–Crippen LogP) is -1.37. The molecule has 22 heteroatoms. The highest BCUT2D eigenvalue weighted by Crippen LogP contribution is 2.44. The Bertz CT molecular complexity index is 1750. The second-order valence-corrected chi connectivity index (χ2v) is 13.0. The van der Waals surface area contributed by atoms with Gasteiger partial charge in [-0.15, -0.1) is 0 Å². The van der Waals surface area contributed by atoms with E-state index in [9.17, 15) is 42.7 Å². The number of halogens is 1. The average Bonchev–Trinajstić information content (AvgIpc) is 3.55. The van der Waals surface area contributed by atoms with E-state index in [1.54, 1.807) is 13.8 Å². The van der Waals surface area contributed by atoms with E-state index in [1.165, 1.54) is 0 Å². The van der Waals surface area contributed by atoms with Crippen LogP contribution in [-0.4, -0.2) is 126 Å². The van der Waals surface area contributed by atoms with Crippen LogP contribution in [0.3, 0.4) is 0 Å². The Hall–Kier alpha value is -4.77. The zero-order chi connectivity index (χ0) is 40.3. The number of H-pyrrole nitrogens is 1. The fraction of sp³-hybridized carbons (Fsp3) is 0.688. The van der Waals surface area contributed by atoms with Crippen molar-refractivity contribution in [2.75, 3.05) is 20.3 Å². The Labute approximate surface area is 305 Å². The van der Waals surface area contributed by atoms with Crippen LogP contribution in [0.2, 0.25) is 0 Å². The zero-order valence-electron chi connectivity index (χ0n) is 30.6. The Morgan fingerprint density at radius 2 is 1.61 bits per heavy atom. The van der Waals surface area contributed by atoms with Gasteiger partial charge in [0.05, 0.1) is 32.4 Å². The topological polar surface area (TPSA) is 262 Å². The summed E-state index contributed by atoms with van der Waals surface area (Å²) in [5.41, 5.74) is -2.31. The molecular weight excluding hydrogens is 733 g/mol. The molecule has 10 atom stereocenters. The Morgan fingerprint density at radius 3 is 2.19 bits per heavy atom. The first kappa shape index (κ1) is 42.0. The molecule has 2 N–H and O–H groups in total. The molecule has 0 aromatic carbocycles. The van der Waals surface area contributed by atoms with Gasteiger partial charge in [-0.1, -0.05) is 0 Å². The van der Waals surface area contributed by atoms with Gasteiger partial charge in [0.15, 0.2) is 24.2 Å². The minimum absolute atomic E-state index is 0.627. The third kappa shape index (κ3) is 9.66. The summed E-state index contributed by atoms with van der Waals surface area (Å²) in [6.07, 6.45) is -11.5. The summed E-state index contributed by atoms with van der Waals surface area (Å²) in [7, 11) is 0.976. The maximum absolute atomic E-state index is 14.3. The van der Waals surface area contributed by atoms with Crippen molar-refractivity contribution in [2.45, 2.75) is 121 Å². The van der Waals surface area contributed by atoms with E-state index in [-0.39, 0.29) is 0 Å². The van der Waals surface area contributed by atoms with E-state index < -0.39 is 139 Å². The van der Waals surface area contributed by atoms with E-state index in [4.69, 9.17) is 47.4 Å². The SMILES string of the molecule is COC(=O)[C@@]1(OC[C@H]2O[C@@H](n3cc(F)c(=O)[nH]c3=O)[C@@H]3OC(C)(C)O[C@@H]32)C[C@H](OC(C)=O)[C@@H](NC(C)=O)[C@H]([C@H](OC(C)=O)[C@@H](COC(C)=O)OC(C)=O)O1. The first-order valence-electron chi connectivity index (χ1n) is 16.5. The smallest absolute Gasteiger partial charge is 0.366 e. The molecule has 1 aromatic rings. The number of esters is 5. The highest BCUT2D eigenvalue weighted by atomic mass is 19.1. The van der Waals surface area contributed by atoms with E-state index in [2.05, 4.69) is 5.32 Å². The molecule has 0 unspecified atom stereocenters. The van der Waals surface area contributed by atoms with Crippen LogP contribution in [0, 0.1) is 5.82 Å². The molecule has 1 aromatic heterocycles. The third-order valence-electron chi connectivity index (χ3n) is 8.30. The Balaban J connectivity index is 1.80. The van der Waals surface area contributed by atoms with Gasteiger partial charge in [-0.2, -0.15) is 4.39 Å². The fourth-order valence-electron chi connectivity index (χ4n) is 6.43. The largest absolute Gasteiger partial charge is 0.465 e. The predicted molar refractivity (Wildman–Crippen MR) is 170 cm³/mol. The minimum Gasteiger partial charge on any atom is -0.465 e. The Morgan fingerprint density at radius 1 is 0.963 bits per heavy atom. The summed E-state index contributed by atoms with van der Waals surface area (Å²) in [4.78, 5) is 101. The molecule has 0 spiro atoms. The molecule has 0 aliphatic carbocycles. The van der Waals surface area contributed by atoms with Crippen molar-refractivity contribution < 1.29 is 80.5 Å². The quantitative estimate of drug-likeness (QED) is 0.173. The number of hydrogen-bond donors (Lipinski definition) is 2. The molecule has 0 saturated carbocycles. The number of nitrogens with zero attached hydrogens (tertiary/aromatic N) is 1. The summed E-state index contributed by atoms with van der Waals surface area (Å²) in [5, 5.41) is 2.55. The standard InChI is InChI=1S/C32H42FN3O18/c1-13(37)34-22-19(48-15(3)39)9-32(29(43)45-8,54-25(22)23(50-17(5)41)20(49-16(4)40)11-46-14(2)38)47-12-21-24-26(53-31(6,7)52-24)28(51-21)36-10-18(33)27(42)35-30(36)44/h10,19-26,28H,9,11-12H2,1-8H3,(H,34,37)(H,35,42,44)/t19-,20+,21+,22+,23+,24+,25+,26+,28+,32+/m0/s1. The number of fused-ring (bicyclic) bond motifs is 1. The average molecular weight is 776 g/mol. The molecule has 3 aliphatic heterocycles. The summed E-state index contributed by atoms with van der Waals surface area (Å²) in [5.74, 6) is -10.7. The first-order chi connectivity index (χ1) is 25.2. The number of nitrogens with one attached hydrogen (secondary N) is 2. The van der Waals surface area contributed by atoms with Gasteiger partial charge in [0, 0.05) is 34.6 Å². The number of hydrogen-bond acceptors (Lipinski definition) is 18. The van der Waals surface area contributed by atoms with Crippen molar-refractivity contribution in [3.8, 4) is 0 Å². The molecule has 3 saturated heterocycles. The van der Waals surface area contributed by atoms with Crippen LogP contribution in [0.1, 0.15) is 61.1 Å². The van der Waals surface area contributed by atoms with Crippen LogP contribution >= 0.6 is 0 Å². The van der Waals surface area contributed by atoms with Gasteiger partial charge in [-0.3, -0.25) is 38.3 Å². The highest BCUT2D eigenvalue weighted by Gasteiger charge is 2.61. The van der Waals surface area contributed by atoms with Gasteiger partial charge in [-0.25, -0.2) is 9.59 Å². The van der Waals surface area contributed by atoms with Crippen molar-refractivity contribution >= 4 is 35.8 Å². The molecule has 21 nitrogen and oxygen atoms in total. The van der Waals surface area contributed by atoms with Crippen molar-refractivity contribution in [2.24, 2.45) is 0 Å². The lowest BCUT2D eigenvalue weighted by Crippen LogP contribution is -2.69. The summed E-state index contributed by atoms with van der Waals surface area (Å²) >= 11 is 0. The number of aromatic nitrogens is 2. The first-order valence-corrected chi connectivity index (χ1v) is 16.5.